The fraction of sp³-hybridized carbons (Fsp3) is 0.368. The number of rotatable bonds is 4. The minimum Gasteiger partial charge on any atom is -0.347 e. The van der Waals surface area contributed by atoms with Crippen molar-refractivity contribution in [2.75, 3.05) is 13.1 Å². The number of quaternary nitrogens is 1. The largest absolute Gasteiger partial charge is 0.347 e. The molecular formula is C19H23FN3O2+. The molecule has 0 saturated carbocycles. The summed E-state index contributed by atoms with van der Waals surface area (Å²) in [4.78, 5) is 27.9. The average Bonchev–Trinajstić information content (AvgIpc) is 3.07. The van der Waals surface area contributed by atoms with E-state index in [0.717, 1.165) is 16.7 Å². The summed E-state index contributed by atoms with van der Waals surface area (Å²) in [7, 11) is 0. The van der Waals surface area contributed by atoms with Crippen LogP contribution >= 0.6 is 0 Å². The molecule has 3 rings (SSSR count). The van der Waals surface area contributed by atoms with Crippen LogP contribution in [0, 0.1) is 0 Å². The first-order valence-corrected chi connectivity index (χ1v) is 8.50. The van der Waals surface area contributed by atoms with Crippen LogP contribution in [0.5, 0.6) is 0 Å². The molecule has 0 bridgehead atoms. The van der Waals surface area contributed by atoms with Crippen molar-refractivity contribution in [1.29, 1.82) is 0 Å². The van der Waals surface area contributed by atoms with Crippen LogP contribution in [-0.2, 0) is 4.79 Å². The third kappa shape index (κ3) is 3.79. The van der Waals surface area contributed by atoms with Gasteiger partial charge >= 0.3 is 0 Å². The smallest absolute Gasteiger partial charge is 0.281 e. The Balaban J connectivity index is 1.71. The van der Waals surface area contributed by atoms with Gasteiger partial charge in [-0.1, -0.05) is 31.2 Å². The van der Waals surface area contributed by atoms with E-state index >= 15 is 0 Å². The molecule has 1 aromatic heterocycles. The Morgan fingerprint density at radius 3 is 2.48 bits per heavy atom. The third-order valence-corrected chi connectivity index (χ3v) is 4.92. The topological polar surface area (TPSA) is 80.8 Å². The highest BCUT2D eigenvalue weighted by atomic mass is 19.1. The molecule has 1 amide bonds. The summed E-state index contributed by atoms with van der Waals surface area (Å²) >= 11 is 0. The summed E-state index contributed by atoms with van der Waals surface area (Å²) in [6.45, 7) is 2.63. The van der Waals surface area contributed by atoms with Crippen LogP contribution in [0.25, 0.3) is 11.1 Å². The number of pyridine rings is 1. The zero-order chi connectivity index (χ0) is 18.0. The molecular weight excluding hydrogens is 321 g/mol. The molecule has 4 N–H and O–H groups in total. The number of nitrogens with zero attached hydrogens (tertiary/aromatic N) is 1. The van der Waals surface area contributed by atoms with Crippen molar-refractivity contribution in [3.8, 4) is 11.1 Å². The van der Waals surface area contributed by atoms with Gasteiger partial charge in [0.05, 0.1) is 6.54 Å². The highest BCUT2D eigenvalue weighted by molar-refractivity contribution is 5.81. The summed E-state index contributed by atoms with van der Waals surface area (Å²) in [5.41, 5.74) is 6.81. The number of nitrogens with one attached hydrogen (secondary N) is 1. The van der Waals surface area contributed by atoms with E-state index < -0.39 is 12.2 Å². The summed E-state index contributed by atoms with van der Waals surface area (Å²) in [5.74, 6) is -0.145. The zero-order valence-corrected chi connectivity index (χ0v) is 14.2. The third-order valence-electron chi connectivity index (χ3n) is 4.92. The van der Waals surface area contributed by atoms with Gasteiger partial charge in [0.15, 0.2) is 6.04 Å². The predicted octanol–water partition coefficient (Wildman–Crippen LogP) is 1.33. The minimum atomic E-state index is -0.914. The van der Waals surface area contributed by atoms with E-state index in [4.69, 9.17) is 0 Å². The van der Waals surface area contributed by atoms with Crippen LogP contribution in [-0.4, -0.2) is 41.1 Å². The van der Waals surface area contributed by atoms with Crippen LogP contribution in [0.3, 0.4) is 0 Å². The van der Waals surface area contributed by atoms with Gasteiger partial charge in [0, 0.05) is 24.7 Å². The molecule has 0 spiro atoms. The van der Waals surface area contributed by atoms with Crippen LogP contribution < -0.4 is 11.3 Å². The zero-order valence-electron chi connectivity index (χ0n) is 14.2. The van der Waals surface area contributed by atoms with Crippen LogP contribution in [0.2, 0.25) is 0 Å². The Labute approximate surface area is 145 Å². The standard InChI is InChI=1S/C19H22FN3O2/c1-12(18(21)19(25)23-9-8-16(20)11-23)13-2-4-14(5-3-13)15-6-7-17(24)22-10-15/h2-7,10,12,16,18H,8-9,11,21H2,1H3,(H,22,24)/p+1/t12-,16-,18-/m0/s1. The lowest BCUT2D eigenvalue weighted by atomic mass is 9.91. The Hall–Kier alpha value is -2.47. The van der Waals surface area contributed by atoms with Gasteiger partial charge < -0.3 is 15.6 Å². The molecule has 25 heavy (non-hydrogen) atoms. The monoisotopic (exact) mass is 344 g/mol. The highest BCUT2D eigenvalue weighted by Gasteiger charge is 2.34. The van der Waals surface area contributed by atoms with Crippen molar-refractivity contribution in [3.05, 3.63) is 58.5 Å². The van der Waals surface area contributed by atoms with Crippen molar-refractivity contribution in [1.82, 2.24) is 9.88 Å². The number of likely N-dealkylation sites (tertiary alicyclic amines) is 1. The second-order valence-electron chi connectivity index (χ2n) is 6.63. The second-order valence-corrected chi connectivity index (χ2v) is 6.63. The van der Waals surface area contributed by atoms with Crippen molar-refractivity contribution in [2.45, 2.75) is 31.5 Å². The van der Waals surface area contributed by atoms with E-state index in [1.807, 2.05) is 31.2 Å². The van der Waals surface area contributed by atoms with E-state index in [2.05, 4.69) is 10.7 Å². The maximum Gasteiger partial charge on any atom is 0.281 e. The van der Waals surface area contributed by atoms with Crippen LogP contribution in [0.15, 0.2) is 47.4 Å². The molecule has 5 nitrogen and oxygen atoms in total. The highest BCUT2D eigenvalue weighted by Crippen LogP contribution is 2.24. The van der Waals surface area contributed by atoms with Crippen molar-refractivity contribution < 1.29 is 14.9 Å². The first-order chi connectivity index (χ1) is 12.0. The molecule has 3 atom stereocenters. The summed E-state index contributed by atoms with van der Waals surface area (Å²) in [6, 6.07) is 10.7. The lowest BCUT2D eigenvalue weighted by Gasteiger charge is -2.22. The number of benzene rings is 1. The summed E-state index contributed by atoms with van der Waals surface area (Å²) < 4.78 is 13.3. The number of carbonyl (C=O) groups excluding carboxylic acids is 1. The number of aromatic nitrogens is 1. The summed E-state index contributed by atoms with van der Waals surface area (Å²) in [5, 5.41) is 0. The second kappa shape index (κ2) is 7.19. The lowest BCUT2D eigenvalue weighted by molar-refractivity contribution is -0.410. The first-order valence-electron chi connectivity index (χ1n) is 8.50. The van der Waals surface area contributed by atoms with E-state index in [1.54, 1.807) is 17.2 Å². The maximum atomic E-state index is 13.3. The van der Waals surface area contributed by atoms with Crippen LogP contribution in [0.4, 0.5) is 4.39 Å². The molecule has 0 unspecified atom stereocenters. The predicted molar refractivity (Wildman–Crippen MR) is 93.7 cm³/mol. The Bertz CT molecular complexity index is 783. The molecule has 0 radical (unpaired) electrons. The fourth-order valence-electron chi connectivity index (χ4n) is 3.17. The fourth-order valence-corrected chi connectivity index (χ4v) is 3.17. The number of carbonyl (C=O) groups is 1. The molecule has 2 heterocycles. The van der Waals surface area contributed by atoms with Crippen molar-refractivity contribution >= 4 is 5.91 Å². The van der Waals surface area contributed by atoms with E-state index in [9.17, 15) is 14.0 Å². The lowest BCUT2D eigenvalue weighted by Crippen LogP contribution is -2.69. The molecule has 1 aromatic carbocycles. The number of aromatic amines is 1. The number of hydrogen-bond donors (Lipinski definition) is 2. The number of hydrogen-bond acceptors (Lipinski definition) is 2. The van der Waals surface area contributed by atoms with E-state index in [-0.39, 0.29) is 23.9 Å². The summed E-state index contributed by atoms with van der Waals surface area (Å²) in [6.07, 6.45) is 1.18. The Morgan fingerprint density at radius 1 is 1.24 bits per heavy atom. The van der Waals surface area contributed by atoms with Crippen molar-refractivity contribution in [2.24, 2.45) is 0 Å². The molecule has 6 heteroatoms. The van der Waals surface area contributed by atoms with Gasteiger partial charge in [0.25, 0.3) is 5.91 Å². The van der Waals surface area contributed by atoms with Crippen molar-refractivity contribution in [3.63, 3.8) is 0 Å². The number of amides is 1. The number of halogens is 1. The molecule has 132 valence electrons. The molecule has 1 fully saturated rings. The van der Waals surface area contributed by atoms with Crippen LogP contribution in [0.1, 0.15) is 24.8 Å². The van der Waals surface area contributed by atoms with Gasteiger partial charge in [-0.25, -0.2) is 4.39 Å². The van der Waals surface area contributed by atoms with Gasteiger partial charge in [-0.05, 0) is 29.2 Å². The van der Waals surface area contributed by atoms with Gasteiger partial charge in [-0.3, -0.25) is 9.59 Å². The Kier molecular flexibility index (Phi) is 4.99. The Morgan fingerprint density at radius 2 is 1.92 bits per heavy atom. The minimum absolute atomic E-state index is 0.0595. The molecule has 1 saturated heterocycles. The SMILES string of the molecule is C[C@@H](c1ccc(-c2ccc(=O)[nH]c2)cc1)[C@H]([NH3+])C(=O)N1CC[C@H](F)C1. The van der Waals surface area contributed by atoms with Gasteiger partial charge in [0.2, 0.25) is 5.56 Å². The number of alkyl halides is 1. The number of H-pyrrole nitrogens is 1. The van der Waals surface area contributed by atoms with E-state index in [0.29, 0.717) is 13.0 Å². The van der Waals surface area contributed by atoms with Gasteiger partial charge in [-0.2, -0.15) is 0 Å². The van der Waals surface area contributed by atoms with Gasteiger partial charge in [0.1, 0.15) is 6.17 Å². The maximum absolute atomic E-state index is 13.3. The molecule has 1 aliphatic heterocycles. The van der Waals surface area contributed by atoms with Gasteiger partial charge in [-0.15, -0.1) is 0 Å². The quantitative estimate of drug-likeness (QED) is 0.877. The molecule has 2 aromatic rings. The average molecular weight is 344 g/mol. The van der Waals surface area contributed by atoms with E-state index in [1.165, 1.54) is 6.07 Å². The molecule has 1 aliphatic rings. The normalized spacial score (nSPS) is 19.6. The first kappa shape index (κ1) is 17.4. The molecule has 0 aliphatic carbocycles.